The first-order valence-electron chi connectivity index (χ1n) is 4.26. The van der Waals surface area contributed by atoms with E-state index in [-0.39, 0.29) is 0 Å². The summed E-state index contributed by atoms with van der Waals surface area (Å²) in [6.07, 6.45) is 4.30. The molecule has 0 aromatic carbocycles. The molecular weight excluding hydrogens is 146 g/mol. The van der Waals surface area contributed by atoms with Gasteiger partial charge in [0.05, 0.1) is 0 Å². The van der Waals surface area contributed by atoms with Crippen LogP contribution < -0.4 is 0 Å². The monoisotopic (exact) mass is 167 g/mol. The topological polar surface area (TPSA) is 23.9 Å². The molecule has 0 saturated carbocycles. The van der Waals surface area contributed by atoms with Crippen molar-refractivity contribution in [3.63, 3.8) is 0 Å². The van der Waals surface area contributed by atoms with Crippen LogP contribution in [0.5, 0.6) is 0 Å². The molecule has 0 aromatic rings. The zero-order chi connectivity index (χ0) is 10.1. The Balaban J connectivity index is 0. The summed E-state index contributed by atoms with van der Waals surface area (Å²) in [6.45, 7) is 15.1. The maximum Gasteiger partial charge on any atom is -0.0187 e. The summed E-state index contributed by atoms with van der Waals surface area (Å²) in [5, 5.41) is 5.50. The molecule has 0 rings (SSSR count). The maximum atomic E-state index is 5.50. The van der Waals surface area contributed by atoms with Gasteiger partial charge in [0, 0.05) is 0 Å². The molecule has 0 heterocycles. The molecule has 0 bridgehead atoms. The molecule has 0 atom stereocenters. The SMILES string of the molecule is C=C(/C=C\C(C)C)C(C)C.C=N. The lowest BCUT2D eigenvalue weighted by Gasteiger charge is -2.03. The Kier molecular flexibility index (Phi) is 9.43. The van der Waals surface area contributed by atoms with Crippen molar-refractivity contribution in [1.82, 2.24) is 0 Å². The third-order valence-corrected chi connectivity index (χ3v) is 1.44. The predicted octanol–water partition coefficient (Wildman–Crippen LogP) is 3.68. The molecule has 12 heavy (non-hydrogen) atoms. The smallest absolute Gasteiger partial charge is 0.0187 e. The summed E-state index contributed by atoms with van der Waals surface area (Å²) in [6, 6.07) is 0. The maximum absolute atomic E-state index is 5.50. The lowest BCUT2D eigenvalue weighted by Crippen LogP contribution is -1.88. The van der Waals surface area contributed by atoms with Crippen molar-refractivity contribution in [2.24, 2.45) is 11.8 Å². The third kappa shape index (κ3) is 9.15. The van der Waals surface area contributed by atoms with E-state index < -0.39 is 0 Å². The Hall–Kier alpha value is -0.850. The quantitative estimate of drug-likeness (QED) is 0.490. The molecule has 0 spiro atoms. The van der Waals surface area contributed by atoms with Gasteiger partial charge in [-0.2, -0.15) is 0 Å². The number of hydrogen-bond acceptors (Lipinski definition) is 1. The van der Waals surface area contributed by atoms with Crippen LogP contribution in [0.2, 0.25) is 0 Å². The Morgan fingerprint density at radius 2 is 1.58 bits per heavy atom. The molecule has 70 valence electrons. The molecule has 1 nitrogen and oxygen atoms in total. The summed E-state index contributed by atoms with van der Waals surface area (Å²) in [4.78, 5) is 0. The number of allylic oxidation sites excluding steroid dienone is 3. The van der Waals surface area contributed by atoms with Gasteiger partial charge < -0.3 is 5.41 Å². The lowest BCUT2D eigenvalue weighted by molar-refractivity contribution is 0.783. The summed E-state index contributed by atoms with van der Waals surface area (Å²) < 4.78 is 0. The first-order valence-corrected chi connectivity index (χ1v) is 4.26. The zero-order valence-electron chi connectivity index (χ0n) is 8.72. The number of rotatable bonds is 3. The van der Waals surface area contributed by atoms with Crippen molar-refractivity contribution in [2.45, 2.75) is 27.7 Å². The van der Waals surface area contributed by atoms with E-state index in [1.165, 1.54) is 5.57 Å². The second kappa shape index (κ2) is 8.25. The second-order valence-electron chi connectivity index (χ2n) is 3.33. The first-order chi connectivity index (χ1) is 5.54. The molecule has 0 saturated heterocycles. The van der Waals surface area contributed by atoms with Crippen LogP contribution >= 0.6 is 0 Å². The van der Waals surface area contributed by atoms with Gasteiger partial charge >= 0.3 is 0 Å². The predicted molar refractivity (Wildman–Crippen MR) is 57.8 cm³/mol. The largest absolute Gasteiger partial charge is 0.317 e. The van der Waals surface area contributed by atoms with Gasteiger partial charge in [0.25, 0.3) is 0 Å². The highest BCUT2D eigenvalue weighted by atomic mass is 14.2. The van der Waals surface area contributed by atoms with Gasteiger partial charge in [-0.1, -0.05) is 52.0 Å². The fourth-order valence-corrected chi connectivity index (χ4v) is 0.508. The van der Waals surface area contributed by atoms with E-state index >= 15 is 0 Å². The molecule has 0 amide bonds. The second-order valence-corrected chi connectivity index (χ2v) is 3.33. The van der Waals surface area contributed by atoms with Crippen molar-refractivity contribution in [3.8, 4) is 0 Å². The zero-order valence-corrected chi connectivity index (χ0v) is 8.72. The molecule has 0 aliphatic heterocycles. The van der Waals surface area contributed by atoms with Gasteiger partial charge in [-0.3, -0.25) is 0 Å². The van der Waals surface area contributed by atoms with E-state index in [1.54, 1.807) is 0 Å². The van der Waals surface area contributed by atoms with E-state index in [9.17, 15) is 0 Å². The fourth-order valence-electron chi connectivity index (χ4n) is 0.508. The average molecular weight is 167 g/mol. The third-order valence-electron chi connectivity index (χ3n) is 1.44. The highest BCUT2D eigenvalue weighted by Gasteiger charge is 1.93. The Labute approximate surface area is 76.7 Å². The minimum atomic E-state index is 0.579. The number of hydrogen-bond donors (Lipinski definition) is 1. The Morgan fingerprint density at radius 3 is 1.83 bits per heavy atom. The fraction of sp³-hybridized carbons (Fsp3) is 0.545. The normalized spacial score (nSPS) is 10.2. The summed E-state index contributed by atoms with van der Waals surface area (Å²) in [7, 11) is 0. The van der Waals surface area contributed by atoms with Gasteiger partial charge in [0.2, 0.25) is 0 Å². The van der Waals surface area contributed by atoms with Crippen LogP contribution in [0.25, 0.3) is 0 Å². The number of nitrogens with one attached hydrogen (secondary N) is 1. The first kappa shape index (κ1) is 13.7. The van der Waals surface area contributed by atoms with Crippen LogP contribution in [0.4, 0.5) is 0 Å². The van der Waals surface area contributed by atoms with Crippen LogP contribution in [0.1, 0.15) is 27.7 Å². The summed E-state index contributed by atoms with van der Waals surface area (Å²) in [5.41, 5.74) is 1.22. The van der Waals surface area contributed by atoms with Crippen LogP contribution in [-0.4, -0.2) is 6.72 Å². The molecule has 0 aliphatic carbocycles. The summed E-state index contributed by atoms with van der Waals surface area (Å²) >= 11 is 0. The molecule has 0 radical (unpaired) electrons. The van der Waals surface area contributed by atoms with Crippen LogP contribution in [0.3, 0.4) is 0 Å². The molecule has 1 N–H and O–H groups in total. The van der Waals surface area contributed by atoms with Crippen molar-refractivity contribution in [3.05, 3.63) is 24.3 Å². The standard InChI is InChI=1S/C10H18.CH3N/c1-8(2)6-7-10(5)9(3)4;1-2/h6-9H,5H2,1-4H3;2H,1H2/b7-6-;. The highest BCUT2D eigenvalue weighted by Crippen LogP contribution is 2.09. The highest BCUT2D eigenvalue weighted by molar-refractivity contribution is 5.16. The van der Waals surface area contributed by atoms with Crippen molar-refractivity contribution in [1.29, 1.82) is 5.41 Å². The van der Waals surface area contributed by atoms with Crippen LogP contribution in [0.15, 0.2) is 24.3 Å². The van der Waals surface area contributed by atoms with Crippen molar-refractivity contribution >= 4 is 6.72 Å². The van der Waals surface area contributed by atoms with E-state index in [2.05, 4.69) is 53.1 Å². The van der Waals surface area contributed by atoms with Gasteiger partial charge in [0.15, 0.2) is 0 Å². The van der Waals surface area contributed by atoms with Gasteiger partial charge in [-0.15, -0.1) is 0 Å². The minimum absolute atomic E-state index is 0.579. The van der Waals surface area contributed by atoms with Gasteiger partial charge in [0.1, 0.15) is 0 Å². The molecule has 0 aromatic heterocycles. The summed E-state index contributed by atoms with van der Waals surface area (Å²) in [5.74, 6) is 1.21. The van der Waals surface area contributed by atoms with E-state index in [0.29, 0.717) is 11.8 Å². The van der Waals surface area contributed by atoms with Crippen molar-refractivity contribution < 1.29 is 0 Å². The molecular formula is C11H21N. The van der Waals surface area contributed by atoms with Gasteiger partial charge in [-0.25, -0.2) is 0 Å². The molecule has 1 heteroatoms. The molecule has 0 fully saturated rings. The Morgan fingerprint density at radius 1 is 1.17 bits per heavy atom. The van der Waals surface area contributed by atoms with E-state index in [0.717, 1.165) is 0 Å². The van der Waals surface area contributed by atoms with Crippen molar-refractivity contribution in [2.75, 3.05) is 0 Å². The Bertz CT molecular complexity index is 143. The van der Waals surface area contributed by atoms with Crippen LogP contribution in [0, 0.1) is 17.2 Å². The van der Waals surface area contributed by atoms with Crippen LogP contribution in [-0.2, 0) is 0 Å². The minimum Gasteiger partial charge on any atom is -0.317 e. The average Bonchev–Trinajstić information content (AvgIpc) is 2.03. The van der Waals surface area contributed by atoms with Gasteiger partial charge in [-0.05, 0) is 18.6 Å². The molecule has 0 aliphatic rings. The van der Waals surface area contributed by atoms with E-state index in [4.69, 9.17) is 5.41 Å². The van der Waals surface area contributed by atoms with E-state index in [1.807, 2.05) is 0 Å². The lowest BCUT2D eigenvalue weighted by atomic mass is 10.0. The molecule has 0 unspecified atom stereocenters.